The first-order valence-corrected chi connectivity index (χ1v) is 21.0. The molecule has 0 saturated heterocycles. The Balaban J connectivity index is 1.11. The lowest BCUT2D eigenvalue weighted by Gasteiger charge is -2.18. The van der Waals surface area contributed by atoms with E-state index in [1.165, 1.54) is 44.5 Å². The third kappa shape index (κ3) is 8.75. The molecule has 0 spiro atoms. The van der Waals surface area contributed by atoms with Gasteiger partial charge in [0.05, 0.1) is 11.4 Å². The van der Waals surface area contributed by atoms with Crippen molar-refractivity contribution in [2.24, 2.45) is 4.99 Å². The Morgan fingerprint density at radius 3 is 0.984 bits per heavy atom. The lowest BCUT2D eigenvalue weighted by atomic mass is 9.85. The molecule has 9 rings (SSSR count). The molecule has 9 aromatic carbocycles. The molecule has 0 bridgehead atoms. The monoisotopic (exact) mass is 791 g/mol. The van der Waals surface area contributed by atoms with Crippen molar-refractivity contribution >= 4 is 17.0 Å². The van der Waals surface area contributed by atoms with E-state index in [9.17, 15) is 0 Å². The summed E-state index contributed by atoms with van der Waals surface area (Å²) in [6, 6.07) is 83.5. The molecule has 0 aliphatic heterocycles. The van der Waals surface area contributed by atoms with Crippen molar-refractivity contribution in [1.29, 1.82) is 0 Å². The minimum Gasteiger partial charge on any atom is -0.248 e. The first kappa shape index (κ1) is 39.3. The van der Waals surface area contributed by atoms with E-state index in [1.54, 1.807) is 0 Å². The van der Waals surface area contributed by atoms with Crippen LogP contribution in [0.15, 0.2) is 267 Å². The predicted octanol–water partition coefficient (Wildman–Crippen LogP) is 16.4. The van der Waals surface area contributed by atoms with Crippen molar-refractivity contribution in [2.75, 3.05) is 0 Å². The van der Waals surface area contributed by atoms with Crippen LogP contribution in [0.1, 0.15) is 16.7 Å². The molecule has 0 amide bonds. The van der Waals surface area contributed by atoms with Gasteiger partial charge < -0.3 is 0 Å². The summed E-state index contributed by atoms with van der Waals surface area (Å²) in [5.74, 6) is 0. The standard InChI is InChI=1S/C61H45N/c1-3-60(62-61(55-37-33-49(34-38-55)47-21-11-5-12-22-47)41-44(2)45-29-31-48(32-30-45)46-19-9-4-10-20-46)54-39-35-53(36-40-54)59-43-57(51-25-15-7-16-26-51)56(50-23-13-6-14-24-50)42-58(59)52-27-17-8-18-28-52/h3-43H,1-2H2/b61-41-,62-60?. The molecule has 0 saturated carbocycles. The topological polar surface area (TPSA) is 12.4 Å². The number of aliphatic imine (C=N–C) groups is 1. The number of hydrogen-bond acceptors (Lipinski definition) is 1. The molecule has 0 fully saturated rings. The van der Waals surface area contributed by atoms with Gasteiger partial charge in [0.25, 0.3) is 0 Å². The van der Waals surface area contributed by atoms with Crippen LogP contribution in [0.5, 0.6) is 0 Å². The van der Waals surface area contributed by atoms with Gasteiger partial charge in [0.2, 0.25) is 0 Å². The maximum absolute atomic E-state index is 5.33. The zero-order valence-corrected chi connectivity index (χ0v) is 34.5. The first-order chi connectivity index (χ1) is 30.6. The molecule has 0 aromatic heterocycles. The predicted molar refractivity (Wildman–Crippen MR) is 266 cm³/mol. The molecule has 0 radical (unpaired) electrons. The van der Waals surface area contributed by atoms with E-state index in [0.29, 0.717) is 0 Å². The van der Waals surface area contributed by atoms with E-state index in [0.717, 1.165) is 55.9 Å². The molecule has 0 heterocycles. The van der Waals surface area contributed by atoms with E-state index in [4.69, 9.17) is 4.99 Å². The molecule has 0 unspecified atom stereocenters. The van der Waals surface area contributed by atoms with E-state index < -0.39 is 0 Å². The van der Waals surface area contributed by atoms with Gasteiger partial charge in [0.15, 0.2) is 0 Å². The highest BCUT2D eigenvalue weighted by Gasteiger charge is 2.17. The van der Waals surface area contributed by atoms with E-state index >= 15 is 0 Å². The molecule has 1 heteroatoms. The molecule has 0 N–H and O–H groups in total. The highest BCUT2D eigenvalue weighted by molar-refractivity contribution is 6.11. The van der Waals surface area contributed by atoms with Crippen LogP contribution < -0.4 is 0 Å². The Labute approximate surface area is 365 Å². The van der Waals surface area contributed by atoms with Crippen molar-refractivity contribution in [1.82, 2.24) is 0 Å². The highest BCUT2D eigenvalue weighted by atomic mass is 14.8. The van der Waals surface area contributed by atoms with Gasteiger partial charge in [0, 0.05) is 11.1 Å². The van der Waals surface area contributed by atoms with Crippen LogP contribution in [0.3, 0.4) is 0 Å². The van der Waals surface area contributed by atoms with Gasteiger partial charge in [-0.2, -0.15) is 0 Å². The quantitative estimate of drug-likeness (QED) is 0.0863. The van der Waals surface area contributed by atoms with Gasteiger partial charge in [-0.15, -0.1) is 0 Å². The van der Waals surface area contributed by atoms with Gasteiger partial charge in [-0.3, -0.25) is 0 Å². The van der Waals surface area contributed by atoms with E-state index in [1.807, 2.05) is 18.2 Å². The molecule has 0 atom stereocenters. The molecular weight excluding hydrogens is 747 g/mol. The normalized spacial score (nSPS) is 11.5. The summed E-state index contributed by atoms with van der Waals surface area (Å²) in [5, 5.41) is 0. The highest BCUT2D eigenvalue weighted by Crippen LogP contribution is 2.42. The van der Waals surface area contributed by atoms with Crippen molar-refractivity contribution in [3.8, 4) is 66.8 Å². The Hall–Kier alpha value is -8.13. The summed E-state index contributed by atoms with van der Waals surface area (Å²) in [5.41, 5.74) is 19.5. The summed E-state index contributed by atoms with van der Waals surface area (Å²) in [7, 11) is 0. The van der Waals surface area contributed by atoms with Crippen LogP contribution in [0.2, 0.25) is 0 Å². The largest absolute Gasteiger partial charge is 0.248 e. The summed E-state index contributed by atoms with van der Waals surface area (Å²) >= 11 is 0. The van der Waals surface area contributed by atoms with Gasteiger partial charge in [0.1, 0.15) is 0 Å². The Morgan fingerprint density at radius 2 is 0.613 bits per heavy atom. The fraction of sp³-hybridized carbons (Fsp3) is 0. The van der Waals surface area contributed by atoms with Crippen LogP contribution in [0, 0.1) is 0 Å². The fourth-order valence-electron chi connectivity index (χ4n) is 7.99. The van der Waals surface area contributed by atoms with Gasteiger partial charge in [-0.25, -0.2) is 4.99 Å². The fourth-order valence-corrected chi connectivity index (χ4v) is 7.99. The molecule has 294 valence electrons. The second-order valence-electron chi connectivity index (χ2n) is 15.3. The minimum absolute atomic E-state index is 0.773. The van der Waals surface area contributed by atoms with Crippen LogP contribution in [-0.2, 0) is 0 Å². The molecule has 9 aromatic rings. The average Bonchev–Trinajstić information content (AvgIpc) is 3.36. The van der Waals surface area contributed by atoms with Gasteiger partial charge in [-0.1, -0.05) is 238 Å². The average molecular weight is 792 g/mol. The van der Waals surface area contributed by atoms with E-state index in [2.05, 4.69) is 244 Å². The SMILES string of the molecule is C=CC(=N/C(=C\C(=C)c1ccc(-c2ccccc2)cc1)c1ccc(-c2ccccc2)cc1)c1ccc(-c2cc(-c3ccccc3)c(-c3ccccc3)cc2-c2ccccc2)cc1. The molecule has 0 aliphatic carbocycles. The third-order valence-electron chi connectivity index (χ3n) is 11.3. The van der Waals surface area contributed by atoms with Crippen LogP contribution in [-0.4, -0.2) is 5.71 Å². The number of benzene rings is 9. The lowest BCUT2D eigenvalue weighted by Crippen LogP contribution is -1.98. The summed E-state index contributed by atoms with van der Waals surface area (Å²) in [6.07, 6.45) is 3.93. The molecule has 0 aliphatic rings. The third-order valence-corrected chi connectivity index (χ3v) is 11.3. The second kappa shape index (κ2) is 18.4. The number of nitrogens with zero attached hydrogens (tertiary/aromatic N) is 1. The zero-order chi connectivity index (χ0) is 42.1. The summed E-state index contributed by atoms with van der Waals surface area (Å²) in [4.78, 5) is 5.33. The van der Waals surface area contributed by atoms with Gasteiger partial charge in [-0.05, 0) is 102 Å². The molecular formula is C61H45N. The van der Waals surface area contributed by atoms with Crippen LogP contribution in [0.4, 0.5) is 0 Å². The van der Waals surface area contributed by atoms with Crippen LogP contribution >= 0.6 is 0 Å². The summed E-state index contributed by atoms with van der Waals surface area (Å²) < 4.78 is 0. The van der Waals surface area contributed by atoms with E-state index in [-0.39, 0.29) is 0 Å². The smallest absolute Gasteiger partial charge is 0.0715 e. The summed E-state index contributed by atoms with van der Waals surface area (Å²) in [6.45, 7) is 8.78. The molecule has 1 nitrogen and oxygen atoms in total. The Bertz CT molecular complexity index is 3000. The van der Waals surface area contributed by atoms with Crippen LogP contribution in [0.25, 0.3) is 78.0 Å². The zero-order valence-electron chi connectivity index (χ0n) is 34.5. The maximum atomic E-state index is 5.33. The van der Waals surface area contributed by atoms with Gasteiger partial charge >= 0.3 is 0 Å². The Kier molecular flexibility index (Phi) is 11.7. The number of allylic oxidation sites excluding steroid dienone is 3. The maximum Gasteiger partial charge on any atom is 0.0715 e. The van der Waals surface area contributed by atoms with Crippen molar-refractivity contribution in [2.45, 2.75) is 0 Å². The Morgan fingerprint density at radius 1 is 0.323 bits per heavy atom. The first-order valence-electron chi connectivity index (χ1n) is 21.0. The second-order valence-corrected chi connectivity index (χ2v) is 15.3. The number of rotatable bonds is 12. The number of hydrogen-bond donors (Lipinski definition) is 0. The lowest BCUT2D eigenvalue weighted by molar-refractivity contribution is 1.48. The van der Waals surface area contributed by atoms with Crippen molar-refractivity contribution in [3.63, 3.8) is 0 Å². The molecule has 62 heavy (non-hydrogen) atoms. The van der Waals surface area contributed by atoms with Crippen molar-refractivity contribution in [3.05, 3.63) is 279 Å². The van der Waals surface area contributed by atoms with Crippen molar-refractivity contribution < 1.29 is 0 Å². The minimum atomic E-state index is 0.773.